The van der Waals surface area contributed by atoms with Crippen LogP contribution < -0.4 is 0 Å². The third kappa shape index (κ3) is 3.55. The Labute approximate surface area is 166 Å². The summed E-state index contributed by atoms with van der Waals surface area (Å²) in [4.78, 5) is 30.9. The van der Waals surface area contributed by atoms with Gasteiger partial charge in [-0.2, -0.15) is 5.10 Å². The molecule has 8 heteroatoms. The van der Waals surface area contributed by atoms with E-state index in [0.717, 1.165) is 23.5 Å². The number of hydrogen-bond donors (Lipinski definition) is 1. The third-order valence-electron chi connectivity index (χ3n) is 4.92. The largest absolute Gasteiger partial charge is 0.476 e. The van der Waals surface area contributed by atoms with Crippen molar-refractivity contribution in [3.05, 3.63) is 63.9 Å². The minimum Gasteiger partial charge on any atom is -0.476 e. The Morgan fingerprint density at radius 2 is 1.89 bits per heavy atom. The van der Waals surface area contributed by atoms with Gasteiger partial charge in [-0.25, -0.2) is 14.5 Å². The van der Waals surface area contributed by atoms with Gasteiger partial charge >= 0.3 is 5.97 Å². The molecule has 2 aromatic heterocycles. The maximum Gasteiger partial charge on any atom is 0.356 e. The summed E-state index contributed by atoms with van der Waals surface area (Å²) < 4.78 is 1.42. The number of carbonyl (C=O) groups excluding carboxylic acids is 1. The van der Waals surface area contributed by atoms with Gasteiger partial charge in [0, 0.05) is 36.1 Å². The van der Waals surface area contributed by atoms with Crippen LogP contribution in [0.15, 0.2) is 41.8 Å². The third-order valence-corrected chi connectivity index (χ3v) is 6.04. The summed E-state index contributed by atoms with van der Waals surface area (Å²) in [6, 6.07) is 10.5. The Bertz CT molecular complexity index is 1000. The number of benzene rings is 1. The van der Waals surface area contributed by atoms with E-state index in [4.69, 9.17) is 0 Å². The van der Waals surface area contributed by atoms with Crippen LogP contribution in [0.4, 0.5) is 0 Å². The molecule has 1 amide bonds. The predicted octanol–water partition coefficient (Wildman–Crippen LogP) is 3.36. The van der Waals surface area contributed by atoms with Crippen molar-refractivity contribution >= 4 is 23.2 Å². The summed E-state index contributed by atoms with van der Waals surface area (Å²) >= 11 is 1.67. The molecule has 0 unspecified atom stereocenters. The lowest BCUT2D eigenvalue weighted by Crippen LogP contribution is -2.38. The van der Waals surface area contributed by atoms with Crippen molar-refractivity contribution in [3.63, 3.8) is 0 Å². The number of aryl methyl sites for hydroxylation is 1. The van der Waals surface area contributed by atoms with Gasteiger partial charge < -0.3 is 10.0 Å². The minimum atomic E-state index is -1.15. The first-order valence-corrected chi connectivity index (χ1v) is 10.0. The standard InChI is InChI=1S/C20H20N4O3S/c1-13-12-28-18(21-13)14-7-9-23(10-8-14)19(25)17-11-16(20(26)27)22-24(17)15-5-3-2-4-6-15/h2-6,11-12,14H,7-10H2,1H3,(H,26,27). The van der Waals surface area contributed by atoms with Crippen LogP contribution in [0.5, 0.6) is 0 Å². The number of carbonyl (C=O) groups is 2. The molecular formula is C20H20N4O3S. The fourth-order valence-corrected chi connectivity index (χ4v) is 4.42. The first kappa shape index (κ1) is 18.4. The molecule has 1 aromatic carbocycles. The fraction of sp³-hybridized carbons (Fsp3) is 0.300. The lowest BCUT2D eigenvalue weighted by atomic mass is 9.97. The van der Waals surface area contributed by atoms with Crippen LogP contribution in [0.1, 0.15) is 50.4 Å². The molecule has 28 heavy (non-hydrogen) atoms. The molecule has 1 saturated heterocycles. The van der Waals surface area contributed by atoms with E-state index >= 15 is 0 Å². The summed E-state index contributed by atoms with van der Waals surface area (Å²) in [7, 11) is 0. The molecule has 144 valence electrons. The summed E-state index contributed by atoms with van der Waals surface area (Å²) in [5, 5.41) is 16.6. The number of carboxylic acids is 1. The van der Waals surface area contributed by atoms with Gasteiger partial charge in [0.1, 0.15) is 5.69 Å². The van der Waals surface area contributed by atoms with Gasteiger partial charge in [0.2, 0.25) is 0 Å². The number of carboxylic acid groups (broad SMARTS) is 1. The number of aromatic nitrogens is 3. The van der Waals surface area contributed by atoms with E-state index in [2.05, 4.69) is 15.5 Å². The molecule has 1 aliphatic heterocycles. The molecule has 0 aliphatic carbocycles. The van der Waals surface area contributed by atoms with Crippen LogP contribution in [0, 0.1) is 6.92 Å². The van der Waals surface area contributed by atoms with Gasteiger partial charge in [-0.3, -0.25) is 4.79 Å². The molecule has 3 heterocycles. The normalized spacial score (nSPS) is 15.0. The number of hydrogen-bond acceptors (Lipinski definition) is 5. The molecular weight excluding hydrogens is 376 g/mol. The maximum absolute atomic E-state index is 13.1. The summed E-state index contributed by atoms with van der Waals surface area (Å²) in [6.45, 7) is 3.22. The Morgan fingerprint density at radius 1 is 1.18 bits per heavy atom. The summed E-state index contributed by atoms with van der Waals surface area (Å²) in [5.41, 5.74) is 1.82. The molecule has 1 N–H and O–H groups in total. The highest BCUT2D eigenvalue weighted by Crippen LogP contribution is 2.31. The monoisotopic (exact) mass is 396 g/mol. The van der Waals surface area contributed by atoms with Crippen molar-refractivity contribution in [2.75, 3.05) is 13.1 Å². The lowest BCUT2D eigenvalue weighted by Gasteiger charge is -2.31. The molecule has 0 spiro atoms. The molecule has 7 nitrogen and oxygen atoms in total. The van der Waals surface area contributed by atoms with E-state index in [0.29, 0.717) is 24.7 Å². The first-order valence-electron chi connectivity index (χ1n) is 9.13. The second-order valence-corrected chi connectivity index (χ2v) is 7.75. The van der Waals surface area contributed by atoms with Crippen LogP contribution in [0.3, 0.4) is 0 Å². The average Bonchev–Trinajstić information content (AvgIpc) is 3.35. The van der Waals surface area contributed by atoms with E-state index < -0.39 is 5.97 Å². The zero-order valence-electron chi connectivity index (χ0n) is 15.4. The van der Waals surface area contributed by atoms with E-state index in [1.807, 2.05) is 25.1 Å². The number of nitrogens with zero attached hydrogens (tertiary/aromatic N) is 4. The van der Waals surface area contributed by atoms with Crippen LogP contribution in [0.2, 0.25) is 0 Å². The van der Waals surface area contributed by atoms with E-state index in [9.17, 15) is 14.7 Å². The number of aromatic carboxylic acids is 1. The molecule has 0 atom stereocenters. The predicted molar refractivity (Wildman–Crippen MR) is 105 cm³/mol. The van der Waals surface area contributed by atoms with Crippen LogP contribution in [-0.4, -0.2) is 49.7 Å². The highest BCUT2D eigenvalue weighted by atomic mass is 32.1. The topological polar surface area (TPSA) is 88.3 Å². The number of amides is 1. The molecule has 0 radical (unpaired) electrons. The van der Waals surface area contributed by atoms with E-state index in [-0.39, 0.29) is 17.3 Å². The van der Waals surface area contributed by atoms with Crippen molar-refractivity contribution in [2.45, 2.75) is 25.7 Å². The lowest BCUT2D eigenvalue weighted by molar-refractivity contribution is 0.0687. The Kier molecular flexibility index (Phi) is 4.95. The van der Waals surface area contributed by atoms with E-state index in [1.54, 1.807) is 28.4 Å². The van der Waals surface area contributed by atoms with Gasteiger partial charge in [-0.05, 0) is 31.9 Å². The van der Waals surface area contributed by atoms with Crippen molar-refractivity contribution < 1.29 is 14.7 Å². The first-order chi connectivity index (χ1) is 13.5. The molecule has 0 bridgehead atoms. The van der Waals surface area contributed by atoms with Gasteiger partial charge in [0.05, 0.1) is 10.7 Å². The Morgan fingerprint density at radius 3 is 2.50 bits per heavy atom. The smallest absolute Gasteiger partial charge is 0.356 e. The second-order valence-electron chi connectivity index (χ2n) is 6.86. The van der Waals surface area contributed by atoms with Gasteiger partial charge in [0.25, 0.3) is 5.91 Å². The number of likely N-dealkylation sites (tertiary alicyclic amines) is 1. The quantitative estimate of drug-likeness (QED) is 0.731. The molecule has 3 aromatic rings. The molecule has 1 fully saturated rings. The number of piperidine rings is 1. The zero-order valence-corrected chi connectivity index (χ0v) is 16.2. The second kappa shape index (κ2) is 7.55. The molecule has 4 rings (SSSR count). The average molecular weight is 396 g/mol. The molecule has 1 aliphatic rings. The number of rotatable bonds is 4. The number of para-hydroxylation sites is 1. The van der Waals surface area contributed by atoms with Gasteiger partial charge in [-0.15, -0.1) is 11.3 Å². The molecule has 0 saturated carbocycles. The van der Waals surface area contributed by atoms with Crippen molar-refractivity contribution in [1.29, 1.82) is 0 Å². The highest BCUT2D eigenvalue weighted by molar-refractivity contribution is 7.09. The fourth-order valence-electron chi connectivity index (χ4n) is 3.46. The van der Waals surface area contributed by atoms with Crippen LogP contribution in [0.25, 0.3) is 5.69 Å². The maximum atomic E-state index is 13.1. The SMILES string of the molecule is Cc1csc(C2CCN(C(=O)c3cc(C(=O)O)nn3-c3ccccc3)CC2)n1. The Hall–Kier alpha value is -3.00. The van der Waals surface area contributed by atoms with Crippen molar-refractivity contribution in [1.82, 2.24) is 19.7 Å². The summed E-state index contributed by atoms with van der Waals surface area (Å²) in [5.74, 6) is -0.976. The van der Waals surface area contributed by atoms with Crippen molar-refractivity contribution in [3.8, 4) is 5.69 Å². The van der Waals surface area contributed by atoms with E-state index in [1.165, 1.54) is 10.7 Å². The van der Waals surface area contributed by atoms with Crippen molar-refractivity contribution in [2.24, 2.45) is 0 Å². The van der Waals surface area contributed by atoms with Gasteiger partial charge in [0.15, 0.2) is 5.69 Å². The van der Waals surface area contributed by atoms with Gasteiger partial charge in [-0.1, -0.05) is 18.2 Å². The summed E-state index contributed by atoms with van der Waals surface area (Å²) in [6.07, 6.45) is 1.70. The Balaban J connectivity index is 1.56. The van der Waals surface area contributed by atoms with Crippen LogP contribution >= 0.6 is 11.3 Å². The van der Waals surface area contributed by atoms with Crippen LogP contribution in [-0.2, 0) is 0 Å². The zero-order chi connectivity index (χ0) is 19.7. The minimum absolute atomic E-state index is 0.139. The number of thiazole rings is 1. The highest BCUT2D eigenvalue weighted by Gasteiger charge is 2.29.